The zero-order valence-corrected chi connectivity index (χ0v) is 20.5. The molecule has 2 aromatic carbocycles. The molecule has 1 amide bonds. The van der Waals surface area contributed by atoms with Crippen LogP contribution in [0.3, 0.4) is 0 Å². The van der Waals surface area contributed by atoms with Gasteiger partial charge in [-0.3, -0.25) is 9.78 Å². The van der Waals surface area contributed by atoms with Gasteiger partial charge in [0, 0.05) is 17.7 Å². The number of nitrogens with zero attached hydrogens (tertiary/aromatic N) is 1. The van der Waals surface area contributed by atoms with Crippen molar-refractivity contribution >= 4 is 5.91 Å². The van der Waals surface area contributed by atoms with Crippen molar-refractivity contribution in [2.75, 3.05) is 20.3 Å². The normalized spacial score (nSPS) is 15.0. The molecule has 4 N–H and O–H groups in total. The fourth-order valence-electron chi connectivity index (χ4n) is 3.80. The molecule has 11 heteroatoms. The molecule has 1 aliphatic rings. The van der Waals surface area contributed by atoms with Crippen molar-refractivity contribution < 1.29 is 36.9 Å². The number of benzene rings is 2. The first-order valence-corrected chi connectivity index (χ1v) is 11.9. The summed E-state index contributed by atoms with van der Waals surface area (Å²) in [4.78, 5) is 17.0. The van der Waals surface area contributed by atoms with Crippen molar-refractivity contribution in [2.45, 2.75) is 37.1 Å². The second kappa shape index (κ2) is 11.4. The van der Waals surface area contributed by atoms with Gasteiger partial charge in [-0.1, -0.05) is 0 Å². The summed E-state index contributed by atoms with van der Waals surface area (Å²) in [7, 11) is 1.41. The van der Waals surface area contributed by atoms with E-state index < -0.39 is 48.7 Å². The molecule has 1 saturated carbocycles. The third kappa shape index (κ3) is 6.59. The van der Waals surface area contributed by atoms with Gasteiger partial charge < -0.3 is 25.6 Å². The zero-order valence-electron chi connectivity index (χ0n) is 20.5. The molecular weight excluding hydrogens is 506 g/mol. The fraction of sp³-hybridized carbons (Fsp3) is 0.333. The van der Waals surface area contributed by atoms with Gasteiger partial charge in [0.2, 0.25) is 0 Å². The van der Waals surface area contributed by atoms with Gasteiger partial charge in [-0.15, -0.1) is 0 Å². The summed E-state index contributed by atoms with van der Waals surface area (Å²) in [5.41, 5.74) is 6.31. The van der Waals surface area contributed by atoms with Crippen molar-refractivity contribution in [3.63, 3.8) is 0 Å². The number of aliphatic hydroxyl groups excluding tert-OH is 1. The predicted octanol–water partition coefficient (Wildman–Crippen LogP) is 4.51. The lowest BCUT2D eigenvalue weighted by molar-refractivity contribution is -0.149. The van der Waals surface area contributed by atoms with E-state index in [-0.39, 0.29) is 22.9 Å². The number of amides is 1. The number of nitrogens with one attached hydrogen (secondary N) is 1. The van der Waals surface area contributed by atoms with Gasteiger partial charge in [-0.2, -0.15) is 13.2 Å². The Hall–Kier alpha value is -3.70. The van der Waals surface area contributed by atoms with Crippen LogP contribution in [0.25, 0.3) is 11.3 Å². The van der Waals surface area contributed by atoms with Gasteiger partial charge in [-0.05, 0) is 73.0 Å². The summed E-state index contributed by atoms with van der Waals surface area (Å²) in [6.45, 7) is -1.32. The molecule has 0 bridgehead atoms. The highest BCUT2D eigenvalue weighted by molar-refractivity contribution is 5.95. The molecule has 0 saturated heterocycles. The van der Waals surface area contributed by atoms with Gasteiger partial charge in [0.25, 0.3) is 5.91 Å². The number of hydrogen-bond acceptors (Lipinski definition) is 6. The number of halogens is 4. The average molecular weight is 534 g/mol. The molecule has 1 fully saturated rings. The summed E-state index contributed by atoms with van der Waals surface area (Å²) in [6.07, 6.45) is -2.84. The third-order valence-electron chi connectivity index (χ3n) is 6.10. The molecule has 1 aromatic heterocycles. The smallest absolute Gasteiger partial charge is 0.398 e. The van der Waals surface area contributed by atoms with Crippen LogP contribution >= 0.6 is 0 Å². The molecule has 3 aromatic rings. The number of methoxy groups -OCH3 is 1. The second-order valence-electron chi connectivity index (χ2n) is 8.99. The second-order valence-corrected chi connectivity index (χ2v) is 8.99. The molecule has 38 heavy (non-hydrogen) atoms. The Kier molecular flexibility index (Phi) is 8.17. The first-order chi connectivity index (χ1) is 18.1. The first kappa shape index (κ1) is 27.3. The quantitative estimate of drug-likeness (QED) is 0.331. The minimum Gasteiger partial charge on any atom is -0.493 e. The maximum absolute atomic E-state index is 14.2. The summed E-state index contributed by atoms with van der Waals surface area (Å²) >= 11 is 0. The lowest BCUT2D eigenvalue weighted by atomic mass is 9.97. The minimum absolute atomic E-state index is 0.0955. The Morgan fingerprint density at radius 2 is 1.84 bits per heavy atom. The molecule has 202 valence electrons. The van der Waals surface area contributed by atoms with Crippen molar-refractivity contribution in [1.29, 1.82) is 0 Å². The molecule has 0 aliphatic heterocycles. The lowest BCUT2D eigenvalue weighted by Crippen LogP contribution is -2.35. The van der Waals surface area contributed by atoms with Gasteiger partial charge in [-0.25, -0.2) is 4.39 Å². The number of nitrogens with two attached hydrogens (primary N) is 1. The molecule has 1 aliphatic carbocycles. The van der Waals surface area contributed by atoms with Crippen molar-refractivity contribution in [3.8, 4) is 22.8 Å². The van der Waals surface area contributed by atoms with Crippen LogP contribution < -0.4 is 20.5 Å². The van der Waals surface area contributed by atoms with Gasteiger partial charge in [0.05, 0.1) is 37.3 Å². The number of alkyl halides is 3. The maximum Gasteiger partial charge on any atom is 0.398 e. The molecular formula is C27H27F4N3O4. The summed E-state index contributed by atoms with van der Waals surface area (Å²) in [5.74, 6) is -2.69. The van der Waals surface area contributed by atoms with E-state index in [1.165, 1.54) is 37.4 Å². The van der Waals surface area contributed by atoms with Crippen LogP contribution in [0, 0.1) is 5.82 Å². The number of pyridine rings is 1. The summed E-state index contributed by atoms with van der Waals surface area (Å²) in [6, 6.07) is 11.1. The third-order valence-corrected chi connectivity index (χ3v) is 6.10. The minimum atomic E-state index is -4.78. The largest absolute Gasteiger partial charge is 0.493 e. The van der Waals surface area contributed by atoms with Crippen LogP contribution in [0.4, 0.5) is 17.6 Å². The SMILES string of the molecule is COc1cc(C(=O)NCC(c2cc(C(N)CO)cc(-c3ccc(F)cc3)n2)C(F)(F)F)ccc1OC1CC1. The highest BCUT2D eigenvalue weighted by atomic mass is 19.4. The van der Waals surface area contributed by atoms with Crippen LogP contribution in [-0.2, 0) is 0 Å². The number of carbonyl (C=O) groups is 1. The Morgan fingerprint density at radius 1 is 1.13 bits per heavy atom. The number of aromatic nitrogens is 1. The topological polar surface area (TPSA) is 107 Å². The fourth-order valence-corrected chi connectivity index (χ4v) is 3.80. The number of hydrogen-bond donors (Lipinski definition) is 3. The number of rotatable bonds is 10. The van der Waals surface area contributed by atoms with Gasteiger partial charge >= 0.3 is 6.18 Å². The Morgan fingerprint density at radius 3 is 2.45 bits per heavy atom. The highest BCUT2D eigenvalue weighted by Gasteiger charge is 2.42. The van der Waals surface area contributed by atoms with E-state index in [2.05, 4.69) is 10.3 Å². The predicted molar refractivity (Wildman–Crippen MR) is 131 cm³/mol. The zero-order chi connectivity index (χ0) is 27.4. The van der Waals surface area contributed by atoms with Crippen molar-refractivity contribution in [3.05, 3.63) is 77.2 Å². The van der Waals surface area contributed by atoms with E-state index in [0.29, 0.717) is 17.1 Å². The number of aliphatic hydroxyl groups is 1. The molecule has 1 heterocycles. The van der Waals surface area contributed by atoms with Crippen LogP contribution in [0.5, 0.6) is 11.5 Å². The molecule has 0 spiro atoms. The Balaban J connectivity index is 1.61. The maximum atomic E-state index is 14.2. The molecule has 7 nitrogen and oxygen atoms in total. The Labute approximate surface area is 216 Å². The summed E-state index contributed by atoms with van der Waals surface area (Å²) in [5, 5.41) is 11.8. The average Bonchev–Trinajstić information content (AvgIpc) is 3.72. The number of carbonyl (C=O) groups excluding carboxylic acids is 1. The monoisotopic (exact) mass is 533 g/mol. The molecule has 4 rings (SSSR count). The first-order valence-electron chi connectivity index (χ1n) is 11.9. The summed E-state index contributed by atoms with van der Waals surface area (Å²) < 4.78 is 67.0. The lowest BCUT2D eigenvalue weighted by Gasteiger charge is -2.23. The molecule has 2 unspecified atom stereocenters. The van der Waals surface area contributed by atoms with E-state index in [4.69, 9.17) is 15.2 Å². The Bertz CT molecular complexity index is 1280. The van der Waals surface area contributed by atoms with E-state index in [1.807, 2.05) is 0 Å². The van der Waals surface area contributed by atoms with E-state index in [9.17, 15) is 27.5 Å². The van der Waals surface area contributed by atoms with E-state index >= 15 is 0 Å². The van der Waals surface area contributed by atoms with Crippen LogP contribution in [0.1, 0.15) is 46.4 Å². The van der Waals surface area contributed by atoms with E-state index in [1.54, 1.807) is 6.07 Å². The molecule has 0 radical (unpaired) electrons. The number of ether oxygens (including phenoxy) is 2. The van der Waals surface area contributed by atoms with Crippen LogP contribution in [0.15, 0.2) is 54.6 Å². The van der Waals surface area contributed by atoms with Crippen molar-refractivity contribution in [1.82, 2.24) is 10.3 Å². The van der Waals surface area contributed by atoms with Crippen LogP contribution in [0.2, 0.25) is 0 Å². The van der Waals surface area contributed by atoms with E-state index in [0.717, 1.165) is 31.0 Å². The van der Waals surface area contributed by atoms with Crippen LogP contribution in [-0.4, -0.2) is 48.5 Å². The van der Waals surface area contributed by atoms with Gasteiger partial charge in [0.1, 0.15) is 11.7 Å². The van der Waals surface area contributed by atoms with Gasteiger partial charge in [0.15, 0.2) is 11.5 Å². The highest BCUT2D eigenvalue weighted by Crippen LogP contribution is 2.37. The standard InChI is InChI=1S/C27H27F4N3O4/c1-37-25-12-16(4-9-24(25)38-19-7-8-19)26(36)33-13-20(27(29,30)31)23-11-17(21(32)14-35)10-22(34-23)15-2-5-18(28)6-3-15/h2-6,9-12,19-21,35H,7-8,13-14,32H2,1H3,(H,33,36). The van der Waals surface area contributed by atoms with Crippen molar-refractivity contribution in [2.24, 2.45) is 5.73 Å². The molecule has 2 atom stereocenters.